The molecular formula is C14H16ClN3O4. The maximum Gasteiger partial charge on any atom is 0.411 e. The number of carbonyl (C=O) groups is 3. The minimum absolute atomic E-state index is 0.0814. The number of benzene rings is 1. The Hall–Kier alpha value is -2.28. The van der Waals surface area contributed by atoms with Gasteiger partial charge in [0.2, 0.25) is 11.8 Å². The second-order valence-corrected chi connectivity index (χ2v) is 5.16. The van der Waals surface area contributed by atoms with E-state index in [1.807, 2.05) is 13.0 Å². The number of halogens is 1. The molecule has 3 aliphatic rings. The third-order valence-corrected chi connectivity index (χ3v) is 3.49. The Morgan fingerprint density at radius 1 is 1.32 bits per heavy atom. The molecule has 0 aliphatic carbocycles. The summed E-state index contributed by atoms with van der Waals surface area (Å²) in [5.74, 6) is -0.187. The molecular weight excluding hydrogens is 310 g/mol. The molecule has 0 saturated carbocycles. The highest BCUT2D eigenvalue weighted by Gasteiger charge is 2.23. The van der Waals surface area contributed by atoms with Crippen LogP contribution in [0, 0.1) is 0 Å². The molecule has 3 amide bonds. The lowest BCUT2D eigenvalue weighted by atomic mass is 10.2. The summed E-state index contributed by atoms with van der Waals surface area (Å²) in [6, 6.07) is 5.01. The molecule has 2 bridgehead atoms. The van der Waals surface area contributed by atoms with Gasteiger partial charge in [0.25, 0.3) is 0 Å². The van der Waals surface area contributed by atoms with Crippen LogP contribution in [0.15, 0.2) is 18.2 Å². The van der Waals surface area contributed by atoms with Crippen molar-refractivity contribution in [3.05, 3.63) is 28.8 Å². The Bertz CT molecular complexity index is 606. The fourth-order valence-electron chi connectivity index (χ4n) is 1.93. The zero-order chi connectivity index (χ0) is 16.1. The van der Waals surface area contributed by atoms with Crippen molar-refractivity contribution < 1.29 is 19.1 Å². The lowest BCUT2D eigenvalue weighted by Crippen LogP contribution is -2.55. The Morgan fingerprint density at radius 3 is 2.73 bits per heavy atom. The molecule has 8 heteroatoms. The summed E-state index contributed by atoms with van der Waals surface area (Å²) in [5, 5.41) is 8.20. The maximum atomic E-state index is 10.9. The van der Waals surface area contributed by atoms with Crippen LogP contribution in [0.2, 0.25) is 5.02 Å². The van der Waals surface area contributed by atoms with Crippen LogP contribution in [-0.4, -0.2) is 30.5 Å². The number of carbonyl (C=O) groups excluding carboxylic acids is 3. The molecule has 4 rings (SSSR count). The van der Waals surface area contributed by atoms with Crippen LogP contribution in [0.25, 0.3) is 0 Å². The summed E-state index contributed by atoms with van der Waals surface area (Å²) < 4.78 is 4.80. The first kappa shape index (κ1) is 16.1. The van der Waals surface area contributed by atoms with Gasteiger partial charge >= 0.3 is 6.09 Å². The summed E-state index contributed by atoms with van der Waals surface area (Å²) in [5.41, 5.74) is 1.49. The summed E-state index contributed by atoms with van der Waals surface area (Å²) >= 11 is 5.86. The number of anilines is 1. The van der Waals surface area contributed by atoms with Crippen LogP contribution < -0.4 is 16.0 Å². The summed E-state index contributed by atoms with van der Waals surface area (Å²) in [7, 11) is 0. The number of fused-ring (bicyclic) bond motifs is 5. The van der Waals surface area contributed by atoms with Crippen LogP contribution in [0.5, 0.6) is 0 Å². The van der Waals surface area contributed by atoms with Crippen molar-refractivity contribution in [1.29, 1.82) is 0 Å². The van der Waals surface area contributed by atoms with Gasteiger partial charge < -0.3 is 15.4 Å². The molecule has 0 spiro atoms. The van der Waals surface area contributed by atoms with Gasteiger partial charge in [-0.25, -0.2) is 4.79 Å². The van der Waals surface area contributed by atoms with E-state index in [0.717, 1.165) is 5.56 Å². The van der Waals surface area contributed by atoms with Gasteiger partial charge in [0.05, 0.1) is 6.54 Å². The molecule has 1 aromatic carbocycles. The zero-order valence-electron chi connectivity index (χ0n) is 11.9. The fraction of sp³-hybridized carbons (Fsp3) is 0.357. The molecule has 3 N–H and O–H groups in total. The molecule has 22 heavy (non-hydrogen) atoms. The quantitative estimate of drug-likeness (QED) is 0.727. The van der Waals surface area contributed by atoms with Crippen LogP contribution in [0.1, 0.15) is 18.9 Å². The molecule has 118 valence electrons. The van der Waals surface area contributed by atoms with Crippen molar-refractivity contribution in [2.45, 2.75) is 26.0 Å². The summed E-state index contributed by atoms with van der Waals surface area (Å²) in [6.45, 7) is 2.20. The molecule has 3 aliphatic heterocycles. The molecule has 1 unspecified atom stereocenters. The van der Waals surface area contributed by atoms with Crippen LogP contribution in [-0.2, 0) is 20.9 Å². The smallest absolute Gasteiger partial charge is 0.411 e. The zero-order valence-corrected chi connectivity index (χ0v) is 12.7. The van der Waals surface area contributed by atoms with E-state index >= 15 is 0 Å². The van der Waals surface area contributed by atoms with Crippen molar-refractivity contribution in [1.82, 2.24) is 10.6 Å². The number of hydrogen-bond donors (Lipinski definition) is 3. The lowest BCUT2D eigenvalue weighted by Gasteiger charge is -2.21. The van der Waals surface area contributed by atoms with Crippen molar-refractivity contribution in [3.8, 4) is 0 Å². The van der Waals surface area contributed by atoms with E-state index in [9.17, 15) is 14.4 Å². The van der Waals surface area contributed by atoms with Crippen molar-refractivity contribution in [2.24, 2.45) is 0 Å². The van der Waals surface area contributed by atoms with Gasteiger partial charge in [0.15, 0.2) is 0 Å². The van der Waals surface area contributed by atoms with Gasteiger partial charge in [-0.3, -0.25) is 14.9 Å². The minimum Gasteiger partial charge on any atom is -0.444 e. The second-order valence-electron chi connectivity index (χ2n) is 4.75. The van der Waals surface area contributed by atoms with Crippen LogP contribution in [0.3, 0.4) is 0 Å². The number of nitrogens with one attached hydrogen (secondary N) is 3. The highest BCUT2D eigenvalue weighted by Crippen LogP contribution is 2.23. The van der Waals surface area contributed by atoms with Gasteiger partial charge in [0.1, 0.15) is 12.6 Å². The number of amides is 3. The van der Waals surface area contributed by atoms with Gasteiger partial charge in [-0.15, -0.1) is 0 Å². The molecule has 0 aromatic heterocycles. The average molecular weight is 326 g/mol. The normalized spacial score (nSPS) is 19.5. The lowest BCUT2D eigenvalue weighted by molar-refractivity contribution is -0.133. The summed E-state index contributed by atoms with van der Waals surface area (Å²) in [6.07, 6.45) is 0.213. The van der Waals surface area contributed by atoms with Crippen molar-refractivity contribution in [3.63, 3.8) is 0 Å². The number of piperazine rings is 1. The van der Waals surface area contributed by atoms with E-state index in [2.05, 4.69) is 16.0 Å². The molecule has 1 aromatic rings. The highest BCUT2D eigenvalue weighted by molar-refractivity contribution is 6.31. The monoisotopic (exact) mass is 325 g/mol. The Kier molecular flexibility index (Phi) is 5.21. The predicted molar refractivity (Wildman–Crippen MR) is 80.5 cm³/mol. The van der Waals surface area contributed by atoms with Gasteiger partial charge in [-0.1, -0.05) is 24.6 Å². The molecule has 1 saturated heterocycles. The first-order valence-electron chi connectivity index (χ1n) is 6.79. The topological polar surface area (TPSA) is 96.5 Å². The van der Waals surface area contributed by atoms with E-state index in [1.165, 1.54) is 0 Å². The fourth-order valence-corrected chi connectivity index (χ4v) is 2.16. The van der Waals surface area contributed by atoms with E-state index < -0.39 is 6.09 Å². The molecule has 1 fully saturated rings. The van der Waals surface area contributed by atoms with Gasteiger partial charge in [-0.05, 0) is 18.6 Å². The Balaban J connectivity index is 0.000000164. The Labute approximate surface area is 132 Å². The van der Waals surface area contributed by atoms with Gasteiger partial charge in [-0.2, -0.15) is 0 Å². The predicted octanol–water partition coefficient (Wildman–Crippen LogP) is 1.41. The highest BCUT2D eigenvalue weighted by atomic mass is 35.5. The van der Waals surface area contributed by atoms with Crippen LogP contribution in [0.4, 0.5) is 10.5 Å². The average Bonchev–Trinajstić information content (AvgIpc) is 2.47. The number of rotatable bonds is 1. The molecule has 3 heterocycles. The Morgan fingerprint density at radius 2 is 2.09 bits per heavy atom. The number of ether oxygens (including phenoxy) is 1. The van der Waals surface area contributed by atoms with Crippen molar-refractivity contribution in [2.75, 3.05) is 11.9 Å². The first-order valence-corrected chi connectivity index (χ1v) is 7.16. The molecule has 7 nitrogen and oxygen atoms in total. The first-order chi connectivity index (χ1) is 10.5. The molecule has 1 atom stereocenters. The largest absolute Gasteiger partial charge is 0.444 e. The third kappa shape index (κ3) is 4.11. The van der Waals surface area contributed by atoms with E-state index in [-0.39, 0.29) is 31.0 Å². The van der Waals surface area contributed by atoms with Crippen LogP contribution >= 0.6 is 11.6 Å². The van der Waals surface area contributed by atoms with E-state index in [4.69, 9.17) is 16.3 Å². The van der Waals surface area contributed by atoms with E-state index in [0.29, 0.717) is 17.1 Å². The SMILES string of the molecule is CCC1NC(=O)CNC1=O.O=C1Nc2ccc(c(Cl)c2)CO1. The molecule has 0 radical (unpaired) electrons. The standard InChI is InChI=1S/C8H6ClNO2.C6H10N2O2/c9-7-3-6-2-1-5(7)4-12-8(11)10-6;1-2-4-6(10)7-3-5(9)8-4/h1-3H,4H2,(H,10,11);4H,2-3H2,1H3,(H,7,10)(H,8,9). The maximum absolute atomic E-state index is 10.9. The second kappa shape index (κ2) is 7.13. The van der Waals surface area contributed by atoms with Gasteiger partial charge in [0, 0.05) is 16.3 Å². The van der Waals surface area contributed by atoms with Crippen molar-refractivity contribution >= 4 is 35.2 Å². The number of hydrogen-bond acceptors (Lipinski definition) is 4. The summed E-state index contributed by atoms with van der Waals surface area (Å²) in [4.78, 5) is 32.4. The third-order valence-electron chi connectivity index (χ3n) is 3.14. The minimum atomic E-state index is -0.438. The van der Waals surface area contributed by atoms with E-state index in [1.54, 1.807) is 12.1 Å².